The Bertz CT molecular complexity index is 555. The van der Waals surface area contributed by atoms with E-state index in [0.29, 0.717) is 12.3 Å². The van der Waals surface area contributed by atoms with Gasteiger partial charge < -0.3 is 19.9 Å². The smallest absolute Gasteiger partial charge is 0.145 e. The number of phenolic OH excluding ortho intramolecular Hbond substituents is 1. The first-order valence-electron chi connectivity index (χ1n) is 5.97. The lowest BCUT2D eigenvalue weighted by Gasteiger charge is -2.13. The van der Waals surface area contributed by atoms with Crippen LogP contribution in [0.1, 0.15) is 5.56 Å². The number of nitrogens with one attached hydrogen (secondary N) is 1. The van der Waals surface area contributed by atoms with E-state index in [4.69, 9.17) is 9.47 Å². The van der Waals surface area contributed by atoms with E-state index >= 15 is 0 Å². The van der Waals surface area contributed by atoms with Crippen LogP contribution in [0.3, 0.4) is 0 Å². The lowest BCUT2D eigenvalue weighted by molar-refractivity contribution is 0.395. The maximum atomic E-state index is 9.71. The molecule has 2 rings (SSSR count). The van der Waals surface area contributed by atoms with Crippen LogP contribution in [0.4, 0.5) is 5.69 Å². The first-order valence-corrected chi connectivity index (χ1v) is 5.97. The number of anilines is 1. The average Bonchev–Trinajstić information content (AvgIpc) is 2.46. The summed E-state index contributed by atoms with van der Waals surface area (Å²) in [4.78, 5) is 0. The van der Waals surface area contributed by atoms with E-state index in [-0.39, 0.29) is 5.75 Å². The van der Waals surface area contributed by atoms with Crippen LogP contribution in [-0.4, -0.2) is 19.3 Å². The largest absolute Gasteiger partial charge is 0.508 e. The van der Waals surface area contributed by atoms with Gasteiger partial charge in [0, 0.05) is 18.2 Å². The predicted molar refractivity (Wildman–Crippen MR) is 75.0 cm³/mol. The van der Waals surface area contributed by atoms with Crippen LogP contribution >= 0.6 is 0 Å². The lowest BCUT2D eigenvalue weighted by atomic mass is 10.2. The van der Waals surface area contributed by atoms with E-state index in [9.17, 15) is 5.11 Å². The average molecular weight is 259 g/mol. The number of rotatable bonds is 5. The van der Waals surface area contributed by atoms with Crippen molar-refractivity contribution >= 4 is 5.69 Å². The van der Waals surface area contributed by atoms with Crippen LogP contribution in [-0.2, 0) is 6.54 Å². The molecule has 0 bridgehead atoms. The number of para-hydroxylation sites is 1. The van der Waals surface area contributed by atoms with Crippen molar-refractivity contribution < 1.29 is 14.6 Å². The van der Waals surface area contributed by atoms with Crippen molar-refractivity contribution in [2.24, 2.45) is 0 Å². The zero-order valence-corrected chi connectivity index (χ0v) is 11.0. The monoisotopic (exact) mass is 259 g/mol. The highest BCUT2D eigenvalue weighted by Gasteiger charge is 2.06. The zero-order chi connectivity index (χ0) is 13.7. The Hall–Kier alpha value is -2.36. The molecule has 0 aliphatic heterocycles. The third-order valence-corrected chi connectivity index (χ3v) is 2.87. The molecular formula is C15H17NO3. The maximum Gasteiger partial charge on any atom is 0.145 e. The molecule has 0 aliphatic carbocycles. The molecule has 0 radical (unpaired) electrons. The summed E-state index contributed by atoms with van der Waals surface area (Å²) in [7, 11) is 3.23. The second-order valence-corrected chi connectivity index (χ2v) is 4.05. The summed E-state index contributed by atoms with van der Waals surface area (Å²) in [5.41, 5.74) is 1.69. The summed E-state index contributed by atoms with van der Waals surface area (Å²) in [6.07, 6.45) is 0. The van der Waals surface area contributed by atoms with Crippen molar-refractivity contribution in [3.8, 4) is 17.2 Å². The van der Waals surface area contributed by atoms with Gasteiger partial charge in [0.25, 0.3) is 0 Å². The lowest BCUT2D eigenvalue weighted by Crippen LogP contribution is -2.01. The molecule has 100 valence electrons. The van der Waals surface area contributed by atoms with Crippen molar-refractivity contribution in [2.75, 3.05) is 19.5 Å². The Labute approximate surface area is 112 Å². The molecule has 0 heterocycles. The summed E-state index contributed by atoms with van der Waals surface area (Å²) in [6.45, 7) is 0.523. The number of ether oxygens (including phenoxy) is 2. The number of hydrogen-bond acceptors (Lipinski definition) is 4. The second-order valence-electron chi connectivity index (χ2n) is 4.05. The molecule has 4 heteroatoms. The molecule has 0 aliphatic rings. The minimum Gasteiger partial charge on any atom is -0.508 e. The highest BCUT2D eigenvalue weighted by Crippen LogP contribution is 2.29. The molecule has 4 nitrogen and oxygen atoms in total. The minimum absolute atomic E-state index is 0.280. The summed E-state index contributed by atoms with van der Waals surface area (Å²) in [5.74, 6) is 1.72. The number of hydrogen-bond donors (Lipinski definition) is 2. The van der Waals surface area contributed by atoms with Crippen molar-refractivity contribution in [2.45, 2.75) is 6.54 Å². The molecule has 0 saturated carbocycles. The van der Waals surface area contributed by atoms with Gasteiger partial charge in [-0.2, -0.15) is 0 Å². The molecule has 19 heavy (non-hydrogen) atoms. The predicted octanol–water partition coefficient (Wildman–Crippen LogP) is 3.02. The van der Waals surface area contributed by atoms with Gasteiger partial charge in [-0.25, -0.2) is 0 Å². The van der Waals surface area contributed by atoms with Gasteiger partial charge in [-0.3, -0.25) is 0 Å². The maximum absolute atomic E-state index is 9.71. The van der Waals surface area contributed by atoms with E-state index in [1.807, 2.05) is 30.3 Å². The summed E-state index contributed by atoms with van der Waals surface area (Å²) < 4.78 is 10.4. The third-order valence-electron chi connectivity index (χ3n) is 2.87. The van der Waals surface area contributed by atoms with Crippen LogP contribution in [0.15, 0.2) is 42.5 Å². The quantitative estimate of drug-likeness (QED) is 0.866. The Morgan fingerprint density at radius 1 is 1.05 bits per heavy atom. The van der Waals surface area contributed by atoms with E-state index in [1.165, 1.54) is 0 Å². The van der Waals surface area contributed by atoms with Crippen molar-refractivity contribution in [3.05, 3.63) is 48.0 Å². The highest BCUT2D eigenvalue weighted by atomic mass is 16.5. The first kappa shape index (κ1) is 13.1. The molecule has 0 aromatic heterocycles. The molecule has 0 amide bonds. The molecule has 0 atom stereocenters. The van der Waals surface area contributed by atoms with Gasteiger partial charge >= 0.3 is 0 Å². The van der Waals surface area contributed by atoms with Gasteiger partial charge in [-0.1, -0.05) is 18.2 Å². The molecule has 0 spiro atoms. The summed E-state index contributed by atoms with van der Waals surface area (Å²) in [6, 6.07) is 12.8. The molecule has 2 aromatic rings. The first-order chi connectivity index (χ1) is 9.24. The fraction of sp³-hybridized carbons (Fsp3) is 0.200. The van der Waals surface area contributed by atoms with E-state index < -0.39 is 0 Å². The van der Waals surface area contributed by atoms with Gasteiger partial charge in [0.15, 0.2) is 0 Å². The number of aromatic hydroxyl groups is 1. The van der Waals surface area contributed by atoms with Crippen LogP contribution in [0.25, 0.3) is 0 Å². The molecule has 0 unspecified atom stereocenters. The summed E-state index contributed by atoms with van der Waals surface area (Å²) >= 11 is 0. The Morgan fingerprint density at radius 3 is 2.53 bits per heavy atom. The van der Waals surface area contributed by atoms with Gasteiger partial charge in [0.1, 0.15) is 17.2 Å². The minimum atomic E-state index is 0.280. The second kappa shape index (κ2) is 6.00. The Morgan fingerprint density at radius 2 is 1.84 bits per heavy atom. The standard InChI is InChI=1S/C15H17NO3/c1-18-12-7-8-13(15(9-12)19-2)16-10-11-5-3-4-6-14(11)17/h3-9,16-17H,10H2,1-2H3. The van der Waals surface area contributed by atoms with Crippen LogP contribution in [0.2, 0.25) is 0 Å². The third kappa shape index (κ3) is 3.10. The van der Waals surface area contributed by atoms with Gasteiger partial charge in [-0.15, -0.1) is 0 Å². The molecule has 0 saturated heterocycles. The number of methoxy groups -OCH3 is 2. The molecule has 0 fully saturated rings. The van der Waals surface area contributed by atoms with Crippen LogP contribution < -0.4 is 14.8 Å². The molecular weight excluding hydrogens is 242 g/mol. The van der Waals surface area contributed by atoms with E-state index in [2.05, 4.69) is 5.32 Å². The fourth-order valence-corrected chi connectivity index (χ4v) is 1.80. The van der Waals surface area contributed by atoms with Crippen LogP contribution in [0, 0.1) is 0 Å². The molecule has 2 N–H and O–H groups in total. The normalized spacial score (nSPS) is 10.0. The zero-order valence-electron chi connectivity index (χ0n) is 11.0. The number of phenols is 1. The summed E-state index contributed by atoms with van der Waals surface area (Å²) in [5, 5.41) is 12.9. The van der Waals surface area contributed by atoms with Crippen molar-refractivity contribution in [1.29, 1.82) is 0 Å². The SMILES string of the molecule is COc1ccc(NCc2ccccc2O)c(OC)c1. The van der Waals surface area contributed by atoms with Crippen molar-refractivity contribution in [1.82, 2.24) is 0 Å². The highest BCUT2D eigenvalue weighted by molar-refractivity contribution is 5.59. The topological polar surface area (TPSA) is 50.7 Å². The Kier molecular flexibility index (Phi) is 4.13. The van der Waals surface area contributed by atoms with Gasteiger partial charge in [-0.05, 0) is 18.2 Å². The fourth-order valence-electron chi connectivity index (χ4n) is 1.80. The molecule has 2 aromatic carbocycles. The van der Waals surface area contributed by atoms with E-state index in [0.717, 1.165) is 17.0 Å². The Balaban J connectivity index is 2.13. The van der Waals surface area contributed by atoms with Crippen LogP contribution in [0.5, 0.6) is 17.2 Å². The number of benzene rings is 2. The van der Waals surface area contributed by atoms with Crippen molar-refractivity contribution in [3.63, 3.8) is 0 Å². The van der Waals surface area contributed by atoms with E-state index in [1.54, 1.807) is 26.4 Å². The van der Waals surface area contributed by atoms with Gasteiger partial charge in [0.2, 0.25) is 0 Å². The van der Waals surface area contributed by atoms with Gasteiger partial charge in [0.05, 0.1) is 19.9 Å².